The standard InChI is InChI=1S/C23H32O2Si/c1-23(2,3)26(4,5)25-22(17-16-19-12-8-6-9-13-19)21(18-24)20-14-10-7-11-15-20/h6-17,21-22,24H,18H2,1-5H3/b17-16+/t21-,22+/m0/s1. The Kier molecular flexibility index (Phi) is 6.99. The molecule has 0 spiro atoms. The third kappa shape index (κ3) is 5.40. The van der Waals surface area contributed by atoms with Crippen molar-refractivity contribution in [2.75, 3.05) is 6.61 Å². The average Bonchev–Trinajstić information content (AvgIpc) is 2.61. The quantitative estimate of drug-likeness (QED) is 0.620. The van der Waals surface area contributed by atoms with Crippen molar-refractivity contribution in [1.29, 1.82) is 0 Å². The highest BCUT2D eigenvalue weighted by Crippen LogP contribution is 2.39. The lowest BCUT2D eigenvalue weighted by Gasteiger charge is -2.40. The Bertz CT molecular complexity index is 687. The first-order valence-corrected chi connectivity index (χ1v) is 12.2. The largest absolute Gasteiger partial charge is 0.410 e. The lowest BCUT2D eigenvalue weighted by molar-refractivity contribution is 0.148. The maximum atomic E-state index is 10.1. The minimum Gasteiger partial charge on any atom is -0.410 e. The van der Waals surface area contributed by atoms with Crippen LogP contribution in [0.1, 0.15) is 37.8 Å². The summed E-state index contributed by atoms with van der Waals surface area (Å²) in [5.74, 6) is -0.0784. The average molecular weight is 369 g/mol. The van der Waals surface area contributed by atoms with Gasteiger partial charge in [0.15, 0.2) is 8.32 Å². The van der Waals surface area contributed by atoms with Gasteiger partial charge in [-0.25, -0.2) is 0 Å². The molecule has 3 heteroatoms. The van der Waals surface area contributed by atoms with Crippen LogP contribution in [0.25, 0.3) is 6.08 Å². The summed E-state index contributed by atoms with van der Waals surface area (Å²) in [7, 11) is -1.98. The van der Waals surface area contributed by atoms with Crippen molar-refractivity contribution in [3.8, 4) is 0 Å². The highest BCUT2D eigenvalue weighted by molar-refractivity contribution is 6.74. The third-order valence-electron chi connectivity index (χ3n) is 5.34. The summed E-state index contributed by atoms with van der Waals surface area (Å²) in [6.45, 7) is 11.3. The van der Waals surface area contributed by atoms with E-state index in [1.807, 2.05) is 36.4 Å². The van der Waals surface area contributed by atoms with E-state index in [4.69, 9.17) is 4.43 Å². The molecule has 0 amide bonds. The van der Waals surface area contributed by atoms with E-state index in [9.17, 15) is 5.11 Å². The molecule has 140 valence electrons. The lowest BCUT2D eigenvalue weighted by atomic mass is 9.93. The molecule has 0 aromatic heterocycles. The fourth-order valence-electron chi connectivity index (χ4n) is 2.64. The van der Waals surface area contributed by atoms with Crippen LogP contribution >= 0.6 is 0 Å². The molecule has 0 aliphatic rings. The molecule has 0 bridgehead atoms. The van der Waals surface area contributed by atoms with Crippen molar-refractivity contribution >= 4 is 14.4 Å². The van der Waals surface area contributed by atoms with E-state index < -0.39 is 8.32 Å². The normalized spacial score (nSPS) is 15.2. The molecular formula is C23H32O2Si. The maximum Gasteiger partial charge on any atom is 0.192 e. The van der Waals surface area contributed by atoms with Crippen LogP contribution in [0.3, 0.4) is 0 Å². The number of rotatable bonds is 7. The molecule has 0 aliphatic carbocycles. The number of aliphatic hydroxyl groups is 1. The van der Waals surface area contributed by atoms with E-state index >= 15 is 0 Å². The summed E-state index contributed by atoms with van der Waals surface area (Å²) in [4.78, 5) is 0. The second-order valence-electron chi connectivity index (χ2n) is 8.31. The first-order chi connectivity index (χ1) is 12.2. The van der Waals surface area contributed by atoms with Gasteiger partial charge in [-0.3, -0.25) is 0 Å². The second kappa shape index (κ2) is 8.80. The molecule has 0 aliphatic heterocycles. The zero-order chi connectivity index (χ0) is 19.2. The summed E-state index contributed by atoms with van der Waals surface area (Å²) in [6, 6.07) is 20.4. The fraction of sp³-hybridized carbons (Fsp3) is 0.391. The Balaban J connectivity index is 2.35. The molecule has 0 unspecified atom stereocenters. The Hall–Kier alpha value is -1.68. The molecular weight excluding hydrogens is 336 g/mol. The van der Waals surface area contributed by atoms with Crippen molar-refractivity contribution in [2.45, 2.75) is 50.9 Å². The minimum atomic E-state index is -1.98. The smallest absolute Gasteiger partial charge is 0.192 e. The third-order valence-corrected chi connectivity index (χ3v) is 9.81. The van der Waals surface area contributed by atoms with E-state index in [0.717, 1.165) is 11.1 Å². The van der Waals surface area contributed by atoms with Gasteiger partial charge in [0.05, 0.1) is 12.7 Å². The van der Waals surface area contributed by atoms with Gasteiger partial charge in [0.25, 0.3) is 0 Å². The van der Waals surface area contributed by atoms with Crippen LogP contribution in [-0.2, 0) is 4.43 Å². The number of benzene rings is 2. The van der Waals surface area contributed by atoms with Crippen LogP contribution < -0.4 is 0 Å². The van der Waals surface area contributed by atoms with Crippen LogP contribution in [0.15, 0.2) is 66.7 Å². The number of hydrogen-bond acceptors (Lipinski definition) is 2. The molecule has 0 fully saturated rings. The SMILES string of the molecule is CC(C)(C)[Si](C)(C)O[C@H](/C=C/c1ccccc1)[C@@H](CO)c1ccccc1. The minimum absolute atomic E-state index is 0.0580. The Morgan fingerprint density at radius 1 is 0.962 bits per heavy atom. The van der Waals surface area contributed by atoms with Crippen molar-refractivity contribution < 1.29 is 9.53 Å². The zero-order valence-corrected chi connectivity index (χ0v) is 17.6. The van der Waals surface area contributed by atoms with Crippen molar-refractivity contribution in [1.82, 2.24) is 0 Å². The lowest BCUT2D eigenvalue weighted by Crippen LogP contribution is -2.45. The summed E-state index contributed by atoms with van der Waals surface area (Å²) in [5.41, 5.74) is 2.25. The molecule has 0 saturated carbocycles. The van der Waals surface area contributed by atoms with Gasteiger partial charge in [0.2, 0.25) is 0 Å². The molecule has 1 N–H and O–H groups in total. The summed E-state index contributed by atoms with van der Waals surface area (Å²) >= 11 is 0. The van der Waals surface area contributed by atoms with E-state index in [2.05, 4.69) is 70.3 Å². The molecule has 0 saturated heterocycles. The van der Waals surface area contributed by atoms with Gasteiger partial charge >= 0.3 is 0 Å². The van der Waals surface area contributed by atoms with E-state index in [1.165, 1.54) is 0 Å². The molecule has 2 aromatic carbocycles. The zero-order valence-electron chi connectivity index (χ0n) is 16.6. The van der Waals surface area contributed by atoms with Gasteiger partial charge in [-0.2, -0.15) is 0 Å². The highest BCUT2D eigenvalue weighted by Gasteiger charge is 2.40. The predicted molar refractivity (Wildman–Crippen MR) is 114 cm³/mol. The van der Waals surface area contributed by atoms with Crippen LogP contribution in [0.5, 0.6) is 0 Å². The number of aliphatic hydroxyl groups excluding tert-OH is 1. The molecule has 2 aromatic rings. The molecule has 2 nitrogen and oxygen atoms in total. The van der Waals surface area contributed by atoms with Crippen LogP contribution in [-0.4, -0.2) is 26.1 Å². The maximum absolute atomic E-state index is 10.1. The Morgan fingerprint density at radius 2 is 1.50 bits per heavy atom. The first-order valence-electron chi connectivity index (χ1n) is 9.31. The van der Waals surface area contributed by atoms with Crippen molar-refractivity contribution in [3.05, 3.63) is 77.9 Å². The van der Waals surface area contributed by atoms with E-state index in [1.54, 1.807) is 0 Å². The molecule has 2 rings (SSSR count). The summed E-state index contributed by atoms with van der Waals surface area (Å²) < 4.78 is 6.72. The predicted octanol–water partition coefficient (Wildman–Crippen LogP) is 5.87. The van der Waals surface area contributed by atoms with Crippen LogP contribution in [0.4, 0.5) is 0 Å². The van der Waals surface area contributed by atoms with Gasteiger partial charge < -0.3 is 9.53 Å². The monoisotopic (exact) mass is 368 g/mol. The molecule has 0 heterocycles. The molecule has 2 atom stereocenters. The number of hydrogen-bond donors (Lipinski definition) is 1. The second-order valence-corrected chi connectivity index (χ2v) is 13.1. The van der Waals surface area contributed by atoms with Gasteiger partial charge in [-0.15, -0.1) is 0 Å². The van der Waals surface area contributed by atoms with Crippen molar-refractivity contribution in [3.63, 3.8) is 0 Å². The fourth-order valence-corrected chi connectivity index (χ4v) is 3.92. The van der Waals surface area contributed by atoms with E-state index in [0.29, 0.717) is 0 Å². The van der Waals surface area contributed by atoms with Crippen molar-refractivity contribution in [2.24, 2.45) is 0 Å². The Morgan fingerprint density at radius 3 is 2.00 bits per heavy atom. The molecule has 0 radical (unpaired) electrons. The first kappa shape index (κ1) is 20.6. The summed E-state index contributed by atoms with van der Waals surface area (Å²) in [5, 5.41) is 10.3. The van der Waals surface area contributed by atoms with Gasteiger partial charge in [0.1, 0.15) is 0 Å². The summed E-state index contributed by atoms with van der Waals surface area (Å²) in [6.07, 6.45) is 4.05. The van der Waals surface area contributed by atoms with Crippen LogP contribution in [0, 0.1) is 0 Å². The highest BCUT2D eigenvalue weighted by atomic mass is 28.4. The molecule has 26 heavy (non-hydrogen) atoms. The van der Waals surface area contributed by atoms with E-state index in [-0.39, 0.29) is 23.7 Å². The van der Waals surface area contributed by atoms with Crippen LogP contribution in [0.2, 0.25) is 18.1 Å². The van der Waals surface area contributed by atoms with Gasteiger partial charge in [0, 0.05) is 5.92 Å². The van der Waals surface area contributed by atoms with Gasteiger partial charge in [-0.1, -0.05) is 93.6 Å². The van der Waals surface area contributed by atoms with Gasteiger partial charge in [-0.05, 0) is 29.3 Å². The Labute approximate surface area is 159 Å². The topological polar surface area (TPSA) is 29.5 Å².